The molecule has 0 unspecified atom stereocenters. The van der Waals surface area contributed by atoms with Crippen LogP contribution in [-0.2, 0) is 11.3 Å². The minimum absolute atomic E-state index is 0.0909. The summed E-state index contributed by atoms with van der Waals surface area (Å²) in [5.74, 6) is 0.244. The van der Waals surface area contributed by atoms with Crippen LogP contribution in [0.1, 0.15) is 11.1 Å². The molecule has 134 valence electrons. The van der Waals surface area contributed by atoms with Crippen LogP contribution in [0.25, 0.3) is 6.08 Å². The number of hydrogen-bond donors (Lipinski definition) is 0. The average molecular weight is 473 g/mol. The molecule has 1 aliphatic heterocycles. The maximum Gasteiger partial charge on any atom is 0.293 e. The third kappa shape index (κ3) is 4.09. The molecular formula is C18H12BrCl2NO3S. The van der Waals surface area contributed by atoms with Crippen LogP contribution in [0.15, 0.2) is 45.8 Å². The van der Waals surface area contributed by atoms with E-state index in [9.17, 15) is 9.59 Å². The molecule has 0 radical (unpaired) electrons. The van der Waals surface area contributed by atoms with Gasteiger partial charge < -0.3 is 4.74 Å². The lowest BCUT2D eigenvalue weighted by Crippen LogP contribution is -2.27. The molecule has 0 saturated carbocycles. The van der Waals surface area contributed by atoms with Gasteiger partial charge in [-0.1, -0.05) is 45.2 Å². The zero-order valence-electron chi connectivity index (χ0n) is 13.5. The Morgan fingerprint density at radius 1 is 1.19 bits per heavy atom. The van der Waals surface area contributed by atoms with E-state index < -0.39 is 0 Å². The number of carbonyl (C=O) groups is 2. The lowest BCUT2D eigenvalue weighted by Gasteiger charge is -2.13. The monoisotopic (exact) mass is 471 g/mol. The third-order valence-corrected chi connectivity index (χ3v) is 5.68. The van der Waals surface area contributed by atoms with Gasteiger partial charge in [-0.3, -0.25) is 14.5 Å². The number of carbonyl (C=O) groups excluding carboxylic acids is 2. The number of methoxy groups -OCH3 is 1. The lowest BCUT2D eigenvalue weighted by molar-refractivity contribution is -0.123. The number of benzene rings is 2. The number of nitrogens with zero attached hydrogens (tertiary/aromatic N) is 1. The van der Waals surface area contributed by atoms with Gasteiger partial charge in [-0.2, -0.15) is 0 Å². The van der Waals surface area contributed by atoms with Crippen LogP contribution in [0.2, 0.25) is 10.0 Å². The normalized spacial score (nSPS) is 15.8. The zero-order chi connectivity index (χ0) is 18.8. The summed E-state index contributed by atoms with van der Waals surface area (Å²) in [6.07, 6.45) is 1.65. The summed E-state index contributed by atoms with van der Waals surface area (Å²) in [4.78, 5) is 26.5. The second kappa shape index (κ2) is 8.05. The first-order chi connectivity index (χ1) is 12.4. The highest BCUT2D eigenvalue weighted by Gasteiger charge is 2.35. The largest absolute Gasteiger partial charge is 0.496 e. The van der Waals surface area contributed by atoms with Gasteiger partial charge >= 0.3 is 0 Å². The number of hydrogen-bond acceptors (Lipinski definition) is 4. The van der Waals surface area contributed by atoms with Crippen molar-refractivity contribution in [3.63, 3.8) is 0 Å². The van der Waals surface area contributed by atoms with Crippen molar-refractivity contribution in [2.75, 3.05) is 7.11 Å². The van der Waals surface area contributed by atoms with E-state index >= 15 is 0 Å². The van der Waals surface area contributed by atoms with E-state index in [1.807, 2.05) is 12.1 Å². The van der Waals surface area contributed by atoms with Gasteiger partial charge in [0.25, 0.3) is 11.1 Å². The fourth-order valence-corrected chi connectivity index (χ4v) is 4.09. The van der Waals surface area contributed by atoms with Crippen LogP contribution < -0.4 is 4.74 Å². The highest BCUT2D eigenvalue weighted by Crippen LogP contribution is 2.36. The minimum atomic E-state index is -0.368. The number of amides is 2. The Morgan fingerprint density at radius 2 is 1.96 bits per heavy atom. The van der Waals surface area contributed by atoms with Gasteiger partial charge in [0.05, 0.1) is 18.6 Å². The van der Waals surface area contributed by atoms with Gasteiger partial charge in [-0.15, -0.1) is 0 Å². The van der Waals surface area contributed by atoms with Crippen molar-refractivity contribution in [2.24, 2.45) is 0 Å². The topological polar surface area (TPSA) is 46.6 Å². The van der Waals surface area contributed by atoms with Gasteiger partial charge in [-0.05, 0) is 53.7 Å². The van der Waals surface area contributed by atoms with Crippen molar-refractivity contribution in [1.29, 1.82) is 0 Å². The molecule has 26 heavy (non-hydrogen) atoms. The second-order valence-electron chi connectivity index (χ2n) is 5.39. The molecule has 4 nitrogen and oxygen atoms in total. The molecule has 0 spiro atoms. The smallest absolute Gasteiger partial charge is 0.293 e. The maximum absolute atomic E-state index is 12.7. The summed E-state index contributed by atoms with van der Waals surface area (Å²) in [5, 5.41) is 0.560. The zero-order valence-corrected chi connectivity index (χ0v) is 17.4. The molecule has 3 rings (SSSR count). The third-order valence-electron chi connectivity index (χ3n) is 3.70. The highest BCUT2D eigenvalue weighted by atomic mass is 79.9. The van der Waals surface area contributed by atoms with E-state index in [-0.39, 0.29) is 17.7 Å². The van der Waals surface area contributed by atoms with Crippen molar-refractivity contribution in [3.8, 4) is 5.75 Å². The first-order valence-corrected chi connectivity index (χ1v) is 9.78. The van der Waals surface area contributed by atoms with Crippen LogP contribution in [0.5, 0.6) is 5.75 Å². The van der Waals surface area contributed by atoms with Gasteiger partial charge in [0.15, 0.2) is 0 Å². The van der Waals surface area contributed by atoms with Gasteiger partial charge in [-0.25, -0.2) is 0 Å². The van der Waals surface area contributed by atoms with E-state index in [4.69, 9.17) is 27.9 Å². The molecule has 0 N–H and O–H groups in total. The highest BCUT2D eigenvalue weighted by molar-refractivity contribution is 9.10. The average Bonchev–Trinajstić information content (AvgIpc) is 2.85. The second-order valence-corrected chi connectivity index (χ2v) is 8.14. The van der Waals surface area contributed by atoms with Gasteiger partial charge in [0.1, 0.15) is 5.75 Å². The summed E-state index contributed by atoms with van der Waals surface area (Å²) in [6.45, 7) is 0.0909. The Kier molecular flexibility index (Phi) is 5.97. The first-order valence-electron chi connectivity index (χ1n) is 7.42. The fraction of sp³-hybridized carbons (Fsp3) is 0.111. The van der Waals surface area contributed by atoms with Gasteiger partial charge in [0.2, 0.25) is 0 Å². The predicted molar refractivity (Wildman–Crippen MR) is 109 cm³/mol. The molecule has 8 heteroatoms. The number of rotatable bonds is 4. The Labute approximate surface area is 173 Å². The van der Waals surface area contributed by atoms with Crippen molar-refractivity contribution < 1.29 is 14.3 Å². The molecule has 0 aliphatic carbocycles. The van der Waals surface area contributed by atoms with E-state index in [2.05, 4.69) is 15.9 Å². The number of halogens is 3. The molecule has 2 aromatic rings. The molecule has 2 aromatic carbocycles. The fourth-order valence-electron chi connectivity index (χ4n) is 2.42. The molecule has 1 fully saturated rings. The Hall–Kier alpha value is -1.47. The Bertz CT molecular complexity index is 933. The molecule has 0 bridgehead atoms. The maximum atomic E-state index is 12.7. The number of ether oxygens (including phenoxy) is 1. The predicted octanol–water partition coefficient (Wildman–Crippen LogP) is 6.00. The molecule has 0 aromatic heterocycles. The van der Waals surface area contributed by atoms with Crippen molar-refractivity contribution in [2.45, 2.75) is 6.54 Å². The van der Waals surface area contributed by atoms with Crippen molar-refractivity contribution in [1.82, 2.24) is 4.90 Å². The molecule has 1 aliphatic rings. The van der Waals surface area contributed by atoms with Crippen LogP contribution >= 0.6 is 50.9 Å². The summed E-state index contributed by atoms with van der Waals surface area (Å²) >= 11 is 16.3. The van der Waals surface area contributed by atoms with Crippen molar-refractivity contribution in [3.05, 3.63) is 66.9 Å². The molecule has 1 heterocycles. The van der Waals surface area contributed by atoms with Crippen LogP contribution in [0, 0.1) is 0 Å². The first kappa shape index (κ1) is 19.3. The molecule has 1 saturated heterocycles. The van der Waals surface area contributed by atoms with E-state index in [1.54, 1.807) is 37.5 Å². The van der Waals surface area contributed by atoms with Gasteiger partial charge in [0, 0.05) is 20.1 Å². The standard InChI is InChI=1S/C18H12BrCl2NO3S/c1-25-15-5-3-12(19)6-11(15)7-16-17(23)22(18(24)26-16)9-10-2-4-13(20)8-14(10)21/h2-8H,9H2,1H3/b16-7-. The van der Waals surface area contributed by atoms with Crippen molar-refractivity contribution >= 4 is 68.1 Å². The summed E-state index contributed by atoms with van der Waals surface area (Å²) in [7, 11) is 1.55. The Balaban J connectivity index is 1.88. The Morgan fingerprint density at radius 3 is 2.65 bits per heavy atom. The van der Waals surface area contributed by atoms with E-state index in [0.717, 1.165) is 21.1 Å². The quantitative estimate of drug-likeness (QED) is 0.512. The van der Waals surface area contributed by atoms with Crippen LogP contribution in [0.4, 0.5) is 4.79 Å². The van der Waals surface area contributed by atoms with Crippen LogP contribution in [-0.4, -0.2) is 23.2 Å². The number of imide groups is 1. The summed E-state index contributed by atoms with van der Waals surface area (Å²) in [5.41, 5.74) is 1.36. The van der Waals surface area contributed by atoms with E-state index in [0.29, 0.717) is 31.8 Å². The minimum Gasteiger partial charge on any atom is -0.496 e. The van der Waals surface area contributed by atoms with E-state index in [1.165, 1.54) is 0 Å². The SMILES string of the molecule is COc1ccc(Br)cc1/C=C1\SC(=O)N(Cc2ccc(Cl)cc2Cl)C1=O. The molecule has 0 atom stereocenters. The molecule has 2 amide bonds. The molecular weight excluding hydrogens is 461 g/mol. The lowest BCUT2D eigenvalue weighted by atomic mass is 10.1. The number of thioether (sulfide) groups is 1. The van der Waals surface area contributed by atoms with Crippen LogP contribution in [0.3, 0.4) is 0 Å². The summed E-state index contributed by atoms with van der Waals surface area (Å²) in [6, 6.07) is 10.4. The summed E-state index contributed by atoms with van der Waals surface area (Å²) < 4.78 is 6.15.